The van der Waals surface area contributed by atoms with Crippen molar-refractivity contribution in [1.29, 1.82) is 0 Å². The highest BCUT2D eigenvalue weighted by Crippen LogP contribution is 2.23. The molecule has 0 N–H and O–H groups in total. The summed E-state index contributed by atoms with van der Waals surface area (Å²) < 4.78 is 5.27. The molecule has 116 valence electrons. The molecule has 2 nitrogen and oxygen atoms in total. The van der Waals surface area contributed by atoms with Gasteiger partial charge in [-0.25, -0.2) is 0 Å². The third-order valence-electron chi connectivity index (χ3n) is 3.95. The van der Waals surface area contributed by atoms with Crippen molar-refractivity contribution in [3.05, 3.63) is 71.8 Å². The van der Waals surface area contributed by atoms with Crippen LogP contribution in [-0.2, 0) is 0 Å². The van der Waals surface area contributed by atoms with E-state index in [-0.39, 0.29) is 0 Å². The number of hydrogen-bond donors (Lipinski definition) is 0. The van der Waals surface area contributed by atoms with Crippen LogP contribution in [0.1, 0.15) is 11.1 Å². The Morgan fingerprint density at radius 3 is 2.04 bits per heavy atom. The van der Waals surface area contributed by atoms with Gasteiger partial charge in [-0.3, -0.25) is 0 Å². The molecule has 0 radical (unpaired) electrons. The van der Waals surface area contributed by atoms with E-state index in [4.69, 9.17) is 4.74 Å². The number of fused-ring (bicyclic) bond motifs is 1. The molecule has 0 heterocycles. The molecule has 0 unspecified atom stereocenters. The molecule has 2 heteroatoms. The van der Waals surface area contributed by atoms with Crippen molar-refractivity contribution >= 4 is 28.6 Å². The third kappa shape index (κ3) is 3.54. The first-order valence-electron chi connectivity index (χ1n) is 7.69. The maximum Gasteiger partial charge on any atom is 0.119 e. The van der Waals surface area contributed by atoms with E-state index in [2.05, 4.69) is 85.7 Å². The molecule has 0 bridgehead atoms. The molecule has 23 heavy (non-hydrogen) atoms. The summed E-state index contributed by atoms with van der Waals surface area (Å²) in [5.41, 5.74) is 3.60. The maximum absolute atomic E-state index is 5.27. The van der Waals surface area contributed by atoms with Crippen LogP contribution in [0.5, 0.6) is 5.75 Å². The highest BCUT2D eigenvalue weighted by atomic mass is 16.5. The van der Waals surface area contributed by atoms with Gasteiger partial charge < -0.3 is 9.64 Å². The van der Waals surface area contributed by atoms with Gasteiger partial charge in [0.05, 0.1) is 7.11 Å². The fraction of sp³-hybridized carbons (Fsp3) is 0.143. The third-order valence-corrected chi connectivity index (χ3v) is 3.95. The van der Waals surface area contributed by atoms with Crippen molar-refractivity contribution in [3.63, 3.8) is 0 Å². The van der Waals surface area contributed by atoms with Crippen molar-refractivity contribution in [2.45, 2.75) is 0 Å². The first kappa shape index (κ1) is 15.2. The van der Waals surface area contributed by atoms with Crippen LogP contribution in [0.3, 0.4) is 0 Å². The average Bonchev–Trinajstić information content (AvgIpc) is 2.59. The van der Waals surface area contributed by atoms with E-state index in [1.807, 2.05) is 6.07 Å². The van der Waals surface area contributed by atoms with Gasteiger partial charge in [0.1, 0.15) is 5.75 Å². The zero-order valence-corrected chi connectivity index (χ0v) is 13.8. The largest absolute Gasteiger partial charge is 0.497 e. The van der Waals surface area contributed by atoms with Gasteiger partial charge in [0.15, 0.2) is 0 Å². The number of nitrogens with zero attached hydrogens (tertiary/aromatic N) is 1. The monoisotopic (exact) mass is 303 g/mol. The Bertz CT molecular complexity index is 832. The molecule has 3 aromatic rings. The summed E-state index contributed by atoms with van der Waals surface area (Å²) in [6, 6.07) is 21.1. The fourth-order valence-corrected chi connectivity index (χ4v) is 2.55. The normalized spacial score (nSPS) is 11.1. The van der Waals surface area contributed by atoms with Crippen LogP contribution in [0.15, 0.2) is 60.7 Å². The first-order valence-corrected chi connectivity index (χ1v) is 7.69. The van der Waals surface area contributed by atoms with Crippen LogP contribution >= 0.6 is 0 Å². The molecule has 0 fully saturated rings. The van der Waals surface area contributed by atoms with Crippen molar-refractivity contribution in [2.24, 2.45) is 0 Å². The van der Waals surface area contributed by atoms with Gasteiger partial charge in [-0.2, -0.15) is 0 Å². The van der Waals surface area contributed by atoms with Gasteiger partial charge in [0.25, 0.3) is 0 Å². The Morgan fingerprint density at radius 2 is 1.35 bits per heavy atom. The van der Waals surface area contributed by atoms with Gasteiger partial charge in [0.2, 0.25) is 0 Å². The van der Waals surface area contributed by atoms with Gasteiger partial charge in [-0.05, 0) is 52.2 Å². The molecule has 0 spiro atoms. The van der Waals surface area contributed by atoms with Crippen LogP contribution in [0, 0.1) is 0 Å². The minimum Gasteiger partial charge on any atom is -0.497 e. The Kier molecular flexibility index (Phi) is 4.33. The summed E-state index contributed by atoms with van der Waals surface area (Å²) in [6.07, 6.45) is 4.29. The Balaban J connectivity index is 1.82. The second-order valence-electron chi connectivity index (χ2n) is 5.79. The number of benzene rings is 3. The summed E-state index contributed by atoms with van der Waals surface area (Å²) in [7, 11) is 5.80. The first-order chi connectivity index (χ1) is 11.2. The van der Waals surface area contributed by atoms with Gasteiger partial charge in [0, 0.05) is 19.8 Å². The van der Waals surface area contributed by atoms with Crippen LogP contribution in [0.4, 0.5) is 5.69 Å². The number of anilines is 1. The van der Waals surface area contributed by atoms with Gasteiger partial charge in [-0.1, -0.05) is 42.5 Å². The minimum atomic E-state index is 0.891. The zero-order chi connectivity index (χ0) is 16.2. The molecular formula is C21H21NO. The Labute approximate surface area is 137 Å². The zero-order valence-electron chi connectivity index (χ0n) is 13.8. The molecular weight excluding hydrogens is 282 g/mol. The van der Waals surface area contributed by atoms with Crippen molar-refractivity contribution < 1.29 is 4.74 Å². The van der Waals surface area contributed by atoms with E-state index in [1.165, 1.54) is 27.6 Å². The lowest BCUT2D eigenvalue weighted by atomic mass is 10.1. The molecule has 0 amide bonds. The lowest BCUT2D eigenvalue weighted by Crippen LogP contribution is -2.07. The predicted molar refractivity (Wildman–Crippen MR) is 100 cm³/mol. The molecule has 0 aliphatic heterocycles. The number of hydrogen-bond acceptors (Lipinski definition) is 2. The van der Waals surface area contributed by atoms with E-state index in [0.717, 1.165) is 5.75 Å². The molecule has 0 saturated carbocycles. The predicted octanol–water partition coefficient (Wildman–Crippen LogP) is 5.08. The second kappa shape index (κ2) is 6.57. The summed E-state index contributed by atoms with van der Waals surface area (Å²) in [5, 5.41) is 2.41. The SMILES string of the molecule is COc1ccc2cc(/C=C/c3ccc(N(C)C)cc3)ccc2c1. The van der Waals surface area contributed by atoms with Crippen LogP contribution in [0.25, 0.3) is 22.9 Å². The van der Waals surface area contributed by atoms with Crippen molar-refractivity contribution in [3.8, 4) is 5.75 Å². The summed E-state index contributed by atoms with van der Waals surface area (Å²) in [5.74, 6) is 0.891. The molecule has 3 aromatic carbocycles. The molecule has 0 aliphatic rings. The quantitative estimate of drug-likeness (QED) is 0.623. The highest BCUT2D eigenvalue weighted by Gasteiger charge is 1.98. The average molecular weight is 303 g/mol. The maximum atomic E-state index is 5.27. The summed E-state index contributed by atoms with van der Waals surface area (Å²) in [6.45, 7) is 0. The van der Waals surface area contributed by atoms with Crippen LogP contribution in [0.2, 0.25) is 0 Å². The van der Waals surface area contributed by atoms with E-state index >= 15 is 0 Å². The highest BCUT2D eigenvalue weighted by molar-refractivity contribution is 5.87. The van der Waals surface area contributed by atoms with Crippen molar-refractivity contribution in [2.75, 3.05) is 26.1 Å². The standard InChI is InChI=1S/C21H21NO/c1-22(2)20-11-7-16(8-12-20)4-5-17-6-9-19-15-21(23-3)13-10-18(19)14-17/h4-15H,1-3H3/b5-4+. The number of rotatable bonds is 4. The fourth-order valence-electron chi connectivity index (χ4n) is 2.55. The van der Waals surface area contributed by atoms with E-state index in [9.17, 15) is 0 Å². The van der Waals surface area contributed by atoms with E-state index in [0.29, 0.717) is 0 Å². The van der Waals surface area contributed by atoms with E-state index in [1.54, 1.807) is 7.11 Å². The van der Waals surface area contributed by atoms with E-state index < -0.39 is 0 Å². The minimum absolute atomic E-state index is 0.891. The van der Waals surface area contributed by atoms with Gasteiger partial charge in [-0.15, -0.1) is 0 Å². The lowest BCUT2D eigenvalue weighted by Gasteiger charge is -2.11. The van der Waals surface area contributed by atoms with Crippen LogP contribution in [-0.4, -0.2) is 21.2 Å². The summed E-state index contributed by atoms with van der Waals surface area (Å²) >= 11 is 0. The lowest BCUT2D eigenvalue weighted by molar-refractivity contribution is 0.415. The topological polar surface area (TPSA) is 12.5 Å². The smallest absolute Gasteiger partial charge is 0.119 e. The molecule has 0 aliphatic carbocycles. The Morgan fingerprint density at radius 1 is 0.739 bits per heavy atom. The molecule has 0 atom stereocenters. The Hall–Kier alpha value is -2.74. The summed E-state index contributed by atoms with van der Waals surface area (Å²) in [4.78, 5) is 2.10. The number of methoxy groups -OCH3 is 1. The molecule has 0 saturated heterocycles. The molecule has 0 aromatic heterocycles. The van der Waals surface area contributed by atoms with Gasteiger partial charge >= 0.3 is 0 Å². The molecule has 3 rings (SSSR count). The van der Waals surface area contributed by atoms with Crippen molar-refractivity contribution in [1.82, 2.24) is 0 Å². The second-order valence-corrected chi connectivity index (χ2v) is 5.79. The van der Waals surface area contributed by atoms with Crippen LogP contribution < -0.4 is 9.64 Å². The number of ether oxygens (including phenoxy) is 1.